The van der Waals surface area contributed by atoms with Gasteiger partial charge in [0.1, 0.15) is 5.56 Å². The van der Waals surface area contributed by atoms with Gasteiger partial charge >= 0.3 is 5.97 Å². The largest absolute Gasteiger partial charge is 0.462 e. The average Bonchev–Trinajstić information content (AvgIpc) is 2.93. The third-order valence-corrected chi connectivity index (χ3v) is 3.19. The molecule has 1 aliphatic heterocycles. The lowest BCUT2D eigenvalue weighted by atomic mass is 10.1. The van der Waals surface area contributed by atoms with Gasteiger partial charge in [-0.1, -0.05) is 0 Å². The van der Waals surface area contributed by atoms with Crippen LogP contribution in [0.1, 0.15) is 29.4 Å². The van der Waals surface area contributed by atoms with Gasteiger partial charge in [0, 0.05) is 18.7 Å². The third-order valence-electron chi connectivity index (χ3n) is 3.19. The van der Waals surface area contributed by atoms with Gasteiger partial charge < -0.3 is 10.5 Å². The molecule has 0 bridgehead atoms. The minimum absolute atomic E-state index is 0.0313. The summed E-state index contributed by atoms with van der Waals surface area (Å²) in [5.74, 6) is -1.75. The van der Waals surface area contributed by atoms with E-state index < -0.39 is 17.8 Å². The van der Waals surface area contributed by atoms with Gasteiger partial charge in [-0.25, -0.2) is 4.79 Å². The molecule has 1 aliphatic rings. The van der Waals surface area contributed by atoms with E-state index in [1.807, 2.05) is 0 Å². The van der Waals surface area contributed by atoms with Crippen LogP contribution >= 0.6 is 0 Å². The molecule has 1 atom stereocenters. The summed E-state index contributed by atoms with van der Waals surface area (Å²) >= 11 is 0. The van der Waals surface area contributed by atoms with Gasteiger partial charge in [0.15, 0.2) is 5.82 Å². The van der Waals surface area contributed by atoms with E-state index in [9.17, 15) is 14.4 Å². The molecular formula is C12H16N4O4. The number of nitrogens with zero attached hydrogens (tertiary/aromatic N) is 2. The zero-order chi connectivity index (χ0) is 14.9. The number of anilines is 1. The number of primary amides is 1. The van der Waals surface area contributed by atoms with E-state index in [1.54, 1.807) is 13.8 Å². The number of hydrogen-bond donors (Lipinski definition) is 2. The fourth-order valence-electron chi connectivity index (χ4n) is 2.16. The smallest absolute Gasteiger partial charge is 0.343 e. The van der Waals surface area contributed by atoms with E-state index in [0.29, 0.717) is 5.69 Å². The van der Waals surface area contributed by atoms with Gasteiger partial charge in [-0.2, -0.15) is 5.10 Å². The maximum atomic E-state index is 11.9. The Morgan fingerprint density at radius 2 is 2.25 bits per heavy atom. The molecule has 0 radical (unpaired) electrons. The van der Waals surface area contributed by atoms with E-state index >= 15 is 0 Å². The number of aryl methyl sites for hydroxylation is 1. The minimum atomic E-state index is -0.561. The first-order valence-corrected chi connectivity index (χ1v) is 6.27. The third kappa shape index (κ3) is 2.36. The van der Waals surface area contributed by atoms with Gasteiger partial charge in [-0.3, -0.25) is 19.6 Å². The van der Waals surface area contributed by atoms with E-state index in [4.69, 9.17) is 10.5 Å². The highest BCUT2D eigenvalue weighted by atomic mass is 16.5. The number of hydrogen-bond acceptors (Lipinski definition) is 5. The van der Waals surface area contributed by atoms with Crippen LogP contribution in [-0.2, 0) is 14.3 Å². The standard InChI is InChI=1S/C12H16N4O4/c1-3-20-12(19)9-6(2)14-15-11(9)16-5-7(10(13)18)4-8(16)17/h7H,3-5H2,1-2H3,(H2,13,18)(H,14,15). The van der Waals surface area contributed by atoms with Gasteiger partial charge in [0.25, 0.3) is 0 Å². The molecule has 2 amide bonds. The van der Waals surface area contributed by atoms with Crippen LogP contribution in [0.25, 0.3) is 0 Å². The van der Waals surface area contributed by atoms with Crippen LogP contribution in [0, 0.1) is 12.8 Å². The quantitative estimate of drug-likeness (QED) is 0.736. The van der Waals surface area contributed by atoms with Crippen LogP contribution in [0.4, 0.5) is 5.82 Å². The Morgan fingerprint density at radius 1 is 1.55 bits per heavy atom. The van der Waals surface area contributed by atoms with Gasteiger partial charge in [0.05, 0.1) is 12.5 Å². The molecule has 1 saturated heterocycles. The maximum absolute atomic E-state index is 11.9. The highest BCUT2D eigenvalue weighted by Crippen LogP contribution is 2.28. The second-order valence-electron chi connectivity index (χ2n) is 4.58. The molecule has 8 nitrogen and oxygen atoms in total. The predicted molar refractivity (Wildman–Crippen MR) is 68.9 cm³/mol. The fourth-order valence-corrected chi connectivity index (χ4v) is 2.16. The summed E-state index contributed by atoms with van der Waals surface area (Å²) in [6.07, 6.45) is 0.0313. The zero-order valence-electron chi connectivity index (χ0n) is 11.3. The molecule has 8 heteroatoms. The lowest BCUT2D eigenvalue weighted by Gasteiger charge is -2.14. The average molecular weight is 280 g/mol. The van der Waals surface area contributed by atoms with Gasteiger partial charge in [-0.15, -0.1) is 0 Å². The molecule has 20 heavy (non-hydrogen) atoms. The Morgan fingerprint density at radius 3 is 2.80 bits per heavy atom. The monoisotopic (exact) mass is 280 g/mol. The summed E-state index contributed by atoms with van der Waals surface area (Å²) < 4.78 is 4.95. The summed E-state index contributed by atoms with van der Waals surface area (Å²) in [4.78, 5) is 36.3. The van der Waals surface area contributed by atoms with Crippen LogP contribution in [0.3, 0.4) is 0 Å². The van der Waals surface area contributed by atoms with E-state index in [0.717, 1.165) is 0 Å². The highest BCUT2D eigenvalue weighted by molar-refractivity contribution is 6.05. The normalized spacial score (nSPS) is 18.4. The van der Waals surface area contributed by atoms with Crippen molar-refractivity contribution in [2.24, 2.45) is 11.7 Å². The number of aromatic amines is 1. The number of nitrogens with one attached hydrogen (secondary N) is 1. The molecule has 0 saturated carbocycles. The molecule has 2 heterocycles. The predicted octanol–water partition coefficient (Wildman–Crippen LogP) is -0.267. The Balaban J connectivity index is 2.32. The van der Waals surface area contributed by atoms with Crippen molar-refractivity contribution in [3.63, 3.8) is 0 Å². The van der Waals surface area contributed by atoms with Gasteiger partial charge in [-0.05, 0) is 13.8 Å². The summed E-state index contributed by atoms with van der Waals surface area (Å²) in [5, 5.41) is 6.63. The van der Waals surface area contributed by atoms with Crippen LogP contribution < -0.4 is 10.6 Å². The molecule has 1 unspecified atom stereocenters. The number of carbonyl (C=O) groups is 3. The van der Waals surface area contributed by atoms with E-state index in [-0.39, 0.29) is 36.9 Å². The van der Waals surface area contributed by atoms with Crippen LogP contribution in [0.5, 0.6) is 0 Å². The van der Waals surface area contributed by atoms with Crippen molar-refractivity contribution >= 4 is 23.6 Å². The molecule has 0 aliphatic carbocycles. The van der Waals surface area contributed by atoms with Crippen molar-refractivity contribution in [3.8, 4) is 0 Å². The molecule has 0 spiro atoms. The number of H-pyrrole nitrogens is 1. The number of aromatic nitrogens is 2. The number of carbonyl (C=O) groups excluding carboxylic acids is 3. The Labute approximate surface area is 115 Å². The zero-order valence-corrected chi connectivity index (χ0v) is 11.3. The Hall–Kier alpha value is -2.38. The topological polar surface area (TPSA) is 118 Å². The Bertz CT molecular complexity index is 566. The van der Waals surface area contributed by atoms with Crippen LogP contribution in [0.15, 0.2) is 0 Å². The fraction of sp³-hybridized carbons (Fsp3) is 0.500. The molecule has 1 aromatic rings. The van der Waals surface area contributed by atoms with Crippen LogP contribution in [0.2, 0.25) is 0 Å². The number of ether oxygens (including phenoxy) is 1. The van der Waals surface area contributed by atoms with E-state index in [1.165, 1.54) is 4.90 Å². The lowest BCUT2D eigenvalue weighted by Crippen LogP contribution is -2.29. The second-order valence-corrected chi connectivity index (χ2v) is 4.58. The van der Waals surface area contributed by atoms with Crippen molar-refractivity contribution in [2.45, 2.75) is 20.3 Å². The van der Waals surface area contributed by atoms with Crippen molar-refractivity contribution < 1.29 is 19.1 Å². The first-order valence-electron chi connectivity index (χ1n) is 6.27. The first kappa shape index (κ1) is 14.0. The summed E-state index contributed by atoms with van der Waals surface area (Å²) in [6.45, 7) is 3.71. The second kappa shape index (κ2) is 5.32. The maximum Gasteiger partial charge on any atom is 0.343 e. The SMILES string of the molecule is CCOC(=O)c1c(N2CC(C(N)=O)CC2=O)n[nH]c1C. The molecule has 3 N–H and O–H groups in total. The molecular weight excluding hydrogens is 264 g/mol. The van der Waals surface area contributed by atoms with Crippen molar-refractivity contribution in [1.82, 2.24) is 10.2 Å². The summed E-state index contributed by atoms with van der Waals surface area (Å²) in [6, 6.07) is 0. The number of amides is 2. The molecule has 1 aromatic heterocycles. The van der Waals surface area contributed by atoms with Crippen molar-refractivity contribution in [2.75, 3.05) is 18.1 Å². The highest BCUT2D eigenvalue weighted by Gasteiger charge is 2.37. The molecule has 1 fully saturated rings. The van der Waals surface area contributed by atoms with Crippen LogP contribution in [-0.4, -0.2) is 41.1 Å². The Kier molecular flexibility index (Phi) is 3.73. The van der Waals surface area contributed by atoms with E-state index in [2.05, 4.69) is 10.2 Å². The summed E-state index contributed by atoms with van der Waals surface area (Å²) in [5.41, 5.74) is 5.93. The molecule has 0 aromatic carbocycles. The van der Waals surface area contributed by atoms with Crippen molar-refractivity contribution in [1.29, 1.82) is 0 Å². The van der Waals surface area contributed by atoms with Crippen molar-refractivity contribution in [3.05, 3.63) is 11.3 Å². The lowest BCUT2D eigenvalue weighted by molar-refractivity contribution is -0.123. The number of rotatable bonds is 4. The first-order chi connectivity index (χ1) is 9.45. The molecule has 108 valence electrons. The minimum Gasteiger partial charge on any atom is -0.462 e. The van der Waals surface area contributed by atoms with Gasteiger partial charge in [0.2, 0.25) is 11.8 Å². The number of nitrogens with two attached hydrogens (primary N) is 1. The number of esters is 1. The summed E-state index contributed by atoms with van der Waals surface area (Å²) in [7, 11) is 0. The molecule has 2 rings (SSSR count).